The fourth-order valence-corrected chi connectivity index (χ4v) is 1.89. The summed E-state index contributed by atoms with van der Waals surface area (Å²) in [5.74, 6) is 0.332. The third-order valence-corrected chi connectivity index (χ3v) is 2.96. The Morgan fingerprint density at radius 1 is 1.31 bits per heavy atom. The molecule has 1 aromatic carbocycles. The maximum atomic E-state index is 9.53. The summed E-state index contributed by atoms with van der Waals surface area (Å²) in [6.45, 7) is 4.49. The second-order valence-electron chi connectivity index (χ2n) is 3.70. The highest BCUT2D eigenvalue weighted by molar-refractivity contribution is 7.03. The predicted octanol–water partition coefficient (Wildman–Crippen LogP) is 2.47. The first-order chi connectivity index (χ1) is 7.66. The van der Waals surface area contributed by atoms with E-state index >= 15 is 0 Å². The lowest BCUT2D eigenvalue weighted by Gasteiger charge is -2.10. The number of aromatic nitrogens is 2. The molecule has 0 saturated carbocycles. The maximum absolute atomic E-state index is 9.53. The number of rotatable bonds is 3. The molecular formula is C11H13N3OS. The SMILES string of the molecule is Cc1cc(NCc2csnn2)c(C)cc1O. The largest absolute Gasteiger partial charge is 0.508 e. The fraction of sp³-hybridized carbons (Fsp3) is 0.273. The number of phenolic OH excluding ortho intramolecular Hbond substituents is 1. The van der Waals surface area contributed by atoms with Gasteiger partial charge in [-0.05, 0) is 48.6 Å². The summed E-state index contributed by atoms with van der Waals surface area (Å²) in [5, 5.41) is 18.7. The highest BCUT2D eigenvalue weighted by atomic mass is 32.1. The average Bonchev–Trinajstić information content (AvgIpc) is 2.74. The molecule has 0 fully saturated rings. The summed E-state index contributed by atoms with van der Waals surface area (Å²) in [6.07, 6.45) is 0. The van der Waals surface area contributed by atoms with Crippen molar-refractivity contribution in [2.24, 2.45) is 0 Å². The molecule has 0 bridgehead atoms. The molecule has 0 aliphatic rings. The van der Waals surface area contributed by atoms with E-state index in [2.05, 4.69) is 14.9 Å². The van der Waals surface area contributed by atoms with Gasteiger partial charge in [0.05, 0.1) is 12.2 Å². The van der Waals surface area contributed by atoms with Crippen molar-refractivity contribution in [2.75, 3.05) is 5.32 Å². The summed E-state index contributed by atoms with van der Waals surface area (Å²) in [5.41, 5.74) is 3.83. The van der Waals surface area contributed by atoms with Crippen LogP contribution in [0.25, 0.3) is 0 Å². The van der Waals surface area contributed by atoms with Crippen molar-refractivity contribution in [3.63, 3.8) is 0 Å². The first-order valence-corrected chi connectivity index (χ1v) is 5.80. The van der Waals surface area contributed by atoms with Crippen molar-refractivity contribution in [3.05, 3.63) is 34.3 Å². The zero-order valence-electron chi connectivity index (χ0n) is 9.19. The normalized spacial score (nSPS) is 10.4. The monoisotopic (exact) mass is 235 g/mol. The Balaban J connectivity index is 2.12. The van der Waals surface area contributed by atoms with E-state index in [-0.39, 0.29) is 0 Å². The van der Waals surface area contributed by atoms with Crippen LogP contribution >= 0.6 is 11.5 Å². The van der Waals surface area contributed by atoms with Gasteiger partial charge in [0.15, 0.2) is 0 Å². The third kappa shape index (κ3) is 2.30. The van der Waals surface area contributed by atoms with Crippen LogP contribution in [0, 0.1) is 13.8 Å². The summed E-state index contributed by atoms with van der Waals surface area (Å²) >= 11 is 1.34. The summed E-state index contributed by atoms with van der Waals surface area (Å²) in [7, 11) is 0. The van der Waals surface area contributed by atoms with Crippen LogP contribution in [0.5, 0.6) is 5.75 Å². The lowest BCUT2D eigenvalue weighted by Crippen LogP contribution is -2.01. The van der Waals surface area contributed by atoms with Gasteiger partial charge in [0.1, 0.15) is 5.75 Å². The van der Waals surface area contributed by atoms with E-state index in [1.165, 1.54) is 11.5 Å². The van der Waals surface area contributed by atoms with Crippen molar-refractivity contribution in [1.82, 2.24) is 9.59 Å². The standard InChI is InChI=1S/C11H13N3OS/c1-7-4-11(15)8(2)3-10(7)12-5-9-6-16-14-13-9/h3-4,6,12,15H,5H2,1-2H3. The minimum Gasteiger partial charge on any atom is -0.508 e. The average molecular weight is 235 g/mol. The van der Waals surface area contributed by atoms with Crippen LogP contribution in [0.15, 0.2) is 17.5 Å². The number of aromatic hydroxyl groups is 1. The Hall–Kier alpha value is -1.62. The smallest absolute Gasteiger partial charge is 0.118 e. The van der Waals surface area contributed by atoms with Gasteiger partial charge in [0.25, 0.3) is 0 Å². The van der Waals surface area contributed by atoms with Crippen LogP contribution in [-0.4, -0.2) is 14.7 Å². The number of nitrogens with one attached hydrogen (secondary N) is 1. The second kappa shape index (κ2) is 4.49. The molecule has 0 aliphatic carbocycles. The van der Waals surface area contributed by atoms with Crippen LogP contribution < -0.4 is 5.32 Å². The number of hydrogen-bond donors (Lipinski definition) is 2. The maximum Gasteiger partial charge on any atom is 0.118 e. The molecule has 4 nitrogen and oxygen atoms in total. The van der Waals surface area contributed by atoms with Gasteiger partial charge in [-0.3, -0.25) is 0 Å². The first-order valence-electron chi connectivity index (χ1n) is 4.97. The Bertz CT molecular complexity index is 482. The van der Waals surface area contributed by atoms with Crippen LogP contribution in [0.4, 0.5) is 5.69 Å². The molecule has 2 N–H and O–H groups in total. The Morgan fingerprint density at radius 2 is 2.12 bits per heavy atom. The Labute approximate surface area is 98.1 Å². The van der Waals surface area contributed by atoms with Crippen LogP contribution in [-0.2, 0) is 6.54 Å². The minimum atomic E-state index is 0.332. The summed E-state index contributed by atoms with van der Waals surface area (Å²) in [6, 6.07) is 3.70. The van der Waals surface area contributed by atoms with Gasteiger partial charge in [-0.15, -0.1) is 5.10 Å². The molecule has 5 heteroatoms. The molecule has 0 atom stereocenters. The van der Waals surface area contributed by atoms with Gasteiger partial charge in [-0.2, -0.15) is 0 Å². The molecule has 0 unspecified atom stereocenters. The Morgan fingerprint density at radius 3 is 2.81 bits per heavy atom. The molecule has 0 spiro atoms. The van der Waals surface area contributed by atoms with Crippen molar-refractivity contribution < 1.29 is 5.11 Å². The molecule has 2 aromatic rings. The minimum absolute atomic E-state index is 0.332. The van der Waals surface area contributed by atoms with Crippen LogP contribution in [0.1, 0.15) is 16.8 Å². The summed E-state index contributed by atoms with van der Waals surface area (Å²) in [4.78, 5) is 0. The van der Waals surface area contributed by atoms with Crippen LogP contribution in [0.2, 0.25) is 0 Å². The highest BCUT2D eigenvalue weighted by Gasteiger charge is 2.03. The number of anilines is 1. The third-order valence-electron chi connectivity index (χ3n) is 2.41. The van der Waals surface area contributed by atoms with Crippen LogP contribution in [0.3, 0.4) is 0 Å². The van der Waals surface area contributed by atoms with E-state index in [1.54, 1.807) is 6.07 Å². The van der Waals surface area contributed by atoms with E-state index in [1.807, 2.05) is 25.3 Å². The molecule has 0 amide bonds. The lowest BCUT2D eigenvalue weighted by atomic mass is 10.1. The molecular weight excluding hydrogens is 222 g/mol. The van der Waals surface area contributed by atoms with E-state index in [9.17, 15) is 5.11 Å². The topological polar surface area (TPSA) is 58.0 Å². The zero-order valence-corrected chi connectivity index (χ0v) is 10.0. The number of phenols is 1. The molecule has 16 heavy (non-hydrogen) atoms. The molecule has 0 radical (unpaired) electrons. The molecule has 1 heterocycles. The van der Waals surface area contributed by atoms with E-state index in [4.69, 9.17) is 0 Å². The fourth-order valence-electron chi connectivity index (χ4n) is 1.44. The Kier molecular flexibility index (Phi) is 3.05. The van der Waals surface area contributed by atoms with E-state index in [0.717, 1.165) is 22.5 Å². The summed E-state index contributed by atoms with van der Waals surface area (Å²) < 4.78 is 3.80. The predicted molar refractivity (Wildman–Crippen MR) is 64.8 cm³/mol. The quantitative estimate of drug-likeness (QED) is 0.802. The van der Waals surface area contributed by atoms with Gasteiger partial charge in [-0.1, -0.05) is 4.49 Å². The lowest BCUT2D eigenvalue weighted by molar-refractivity contribution is 0.471. The number of nitrogens with zero attached hydrogens (tertiary/aromatic N) is 2. The number of aryl methyl sites for hydroxylation is 2. The van der Waals surface area contributed by atoms with Crippen molar-refractivity contribution in [3.8, 4) is 5.75 Å². The molecule has 0 aliphatic heterocycles. The van der Waals surface area contributed by atoms with E-state index < -0.39 is 0 Å². The highest BCUT2D eigenvalue weighted by Crippen LogP contribution is 2.25. The first kappa shape index (κ1) is 10.9. The van der Waals surface area contributed by atoms with Crippen molar-refractivity contribution in [1.29, 1.82) is 0 Å². The number of benzene rings is 1. The molecule has 1 aromatic heterocycles. The van der Waals surface area contributed by atoms with Gasteiger partial charge < -0.3 is 10.4 Å². The zero-order chi connectivity index (χ0) is 11.5. The molecule has 0 saturated heterocycles. The number of hydrogen-bond acceptors (Lipinski definition) is 5. The van der Waals surface area contributed by atoms with Gasteiger partial charge >= 0.3 is 0 Å². The van der Waals surface area contributed by atoms with Gasteiger partial charge in [0.2, 0.25) is 0 Å². The molecule has 84 valence electrons. The second-order valence-corrected chi connectivity index (χ2v) is 4.31. The van der Waals surface area contributed by atoms with Gasteiger partial charge in [-0.25, -0.2) is 0 Å². The van der Waals surface area contributed by atoms with Gasteiger partial charge in [0, 0.05) is 11.1 Å². The van der Waals surface area contributed by atoms with E-state index in [0.29, 0.717) is 12.3 Å². The van der Waals surface area contributed by atoms with Crippen molar-refractivity contribution >= 4 is 17.2 Å². The van der Waals surface area contributed by atoms with Crippen molar-refractivity contribution in [2.45, 2.75) is 20.4 Å². The molecule has 2 rings (SSSR count).